The maximum atomic E-state index is 8.69. The van der Waals surface area contributed by atoms with Crippen molar-refractivity contribution >= 4 is 24.1 Å². The number of rotatable bonds is 10. The van der Waals surface area contributed by atoms with E-state index in [9.17, 15) is 0 Å². The van der Waals surface area contributed by atoms with Crippen molar-refractivity contribution in [2.24, 2.45) is 0 Å². The van der Waals surface area contributed by atoms with E-state index < -0.39 is 0 Å². The zero-order valence-corrected chi connectivity index (χ0v) is 11.7. The second-order valence-electron chi connectivity index (χ2n) is 4.04. The summed E-state index contributed by atoms with van der Waals surface area (Å²) in [6.45, 7) is 1.82. The van der Waals surface area contributed by atoms with E-state index >= 15 is 0 Å². The van der Waals surface area contributed by atoms with Crippen molar-refractivity contribution in [1.82, 2.24) is 15.0 Å². The smallest absolute Gasteiger partial charge is 0.225 e. The van der Waals surface area contributed by atoms with Gasteiger partial charge < -0.3 is 20.8 Å². The van der Waals surface area contributed by atoms with Crippen LogP contribution in [-0.2, 0) is 0 Å². The Kier molecular flexibility index (Phi) is 8.03. The highest BCUT2D eigenvalue weighted by Crippen LogP contribution is 2.04. The molecular formula is C11H21N5O2S. The van der Waals surface area contributed by atoms with Crippen molar-refractivity contribution in [2.75, 3.05) is 36.9 Å². The van der Waals surface area contributed by atoms with Gasteiger partial charge in [-0.1, -0.05) is 0 Å². The summed E-state index contributed by atoms with van der Waals surface area (Å²) in [7, 11) is 0. The molecule has 0 aliphatic heterocycles. The Morgan fingerprint density at radius 1 is 0.895 bits per heavy atom. The largest absolute Gasteiger partial charge is 0.396 e. The van der Waals surface area contributed by atoms with Gasteiger partial charge in [0, 0.05) is 26.3 Å². The van der Waals surface area contributed by atoms with E-state index in [0.29, 0.717) is 25.0 Å². The molecule has 0 aliphatic rings. The molecule has 0 spiro atoms. The average molecular weight is 287 g/mol. The molecule has 0 unspecified atom stereocenters. The van der Waals surface area contributed by atoms with Crippen molar-refractivity contribution in [3.63, 3.8) is 0 Å². The Bertz CT molecular complexity index is 379. The molecule has 0 radical (unpaired) electrons. The maximum absolute atomic E-state index is 8.69. The van der Waals surface area contributed by atoms with Crippen LogP contribution in [0.25, 0.3) is 0 Å². The molecule has 0 saturated carbocycles. The van der Waals surface area contributed by atoms with Gasteiger partial charge in [-0.25, -0.2) is 0 Å². The van der Waals surface area contributed by atoms with E-state index in [1.165, 1.54) is 0 Å². The molecule has 1 rings (SSSR count). The van der Waals surface area contributed by atoms with E-state index in [1.54, 1.807) is 0 Å². The van der Waals surface area contributed by atoms with Crippen LogP contribution >= 0.6 is 12.2 Å². The minimum atomic E-state index is 0.194. The summed E-state index contributed by atoms with van der Waals surface area (Å²) in [5.41, 5.74) is 0. The molecule has 0 fully saturated rings. The zero-order chi connectivity index (χ0) is 13.9. The Balaban J connectivity index is 2.44. The number of hydrogen-bond donors (Lipinski definition) is 5. The van der Waals surface area contributed by atoms with Crippen molar-refractivity contribution < 1.29 is 10.2 Å². The van der Waals surface area contributed by atoms with E-state index in [0.717, 1.165) is 25.7 Å². The number of aliphatic hydroxyl groups is 2. The van der Waals surface area contributed by atoms with Gasteiger partial charge in [0.25, 0.3) is 0 Å². The molecule has 0 aliphatic carbocycles. The Labute approximate surface area is 117 Å². The highest BCUT2D eigenvalue weighted by atomic mass is 32.1. The second-order valence-corrected chi connectivity index (χ2v) is 4.41. The summed E-state index contributed by atoms with van der Waals surface area (Å²) in [5.74, 6) is 1.14. The van der Waals surface area contributed by atoms with Crippen LogP contribution in [-0.4, -0.2) is 51.5 Å². The van der Waals surface area contributed by atoms with Gasteiger partial charge in [0.15, 0.2) is 0 Å². The average Bonchev–Trinajstić information content (AvgIpc) is 2.39. The molecule has 0 bridgehead atoms. The van der Waals surface area contributed by atoms with E-state index in [2.05, 4.69) is 25.6 Å². The first-order valence-corrected chi connectivity index (χ1v) is 6.85. The molecule has 7 nitrogen and oxygen atoms in total. The lowest BCUT2D eigenvalue weighted by Crippen LogP contribution is -2.11. The van der Waals surface area contributed by atoms with Gasteiger partial charge in [-0.2, -0.15) is 9.97 Å². The van der Waals surface area contributed by atoms with Crippen LogP contribution in [0.5, 0.6) is 0 Å². The Hall–Kier alpha value is -1.25. The van der Waals surface area contributed by atoms with Gasteiger partial charge in [-0.3, -0.25) is 4.98 Å². The number of aromatic nitrogens is 3. The number of nitrogens with zero attached hydrogens (tertiary/aromatic N) is 2. The van der Waals surface area contributed by atoms with Gasteiger partial charge >= 0.3 is 0 Å². The maximum Gasteiger partial charge on any atom is 0.225 e. The number of hydrogen-bond acceptors (Lipinski definition) is 7. The third-order valence-electron chi connectivity index (χ3n) is 2.41. The number of anilines is 2. The first-order chi connectivity index (χ1) is 9.26. The summed E-state index contributed by atoms with van der Waals surface area (Å²) in [5, 5.41) is 23.6. The molecular weight excluding hydrogens is 266 g/mol. The van der Waals surface area contributed by atoms with Crippen LogP contribution in [0.4, 0.5) is 11.9 Å². The van der Waals surface area contributed by atoms with Crippen molar-refractivity contribution in [3.05, 3.63) is 4.77 Å². The Morgan fingerprint density at radius 3 is 1.79 bits per heavy atom. The summed E-state index contributed by atoms with van der Waals surface area (Å²) in [6, 6.07) is 0. The number of aliphatic hydroxyl groups excluding tert-OH is 2. The molecule has 19 heavy (non-hydrogen) atoms. The zero-order valence-electron chi connectivity index (χ0n) is 10.9. The van der Waals surface area contributed by atoms with E-state index in [4.69, 9.17) is 22.4 Å². The molecule has 0 aromatic carbocycles. The molecule has 1 aromatic heterocycles. The molecule has 0 amide bonds. The van der Waals surface area contributed by atoms with Crippen molar-refractivity contribution in [2.45, 2.75) is 25.7 Å². The SMILES string of the molecule is OCCCCNc1nc(=S)nc(NCCCCO)[nH]1. The topological polar surface area (TPSA) is 106 Å². The lowest BCUT2D eigenvalue weighted by atomic mass is 10.3. The van der Waals surface area contributed by atoms with E-state index in [-0.39, 0.29) is 18.0 Å². The minimum Gasteiger partial charge on any atom is -0.396 e. The summed E-state index contributed by atoms with van der Waals surface area (Å²) in [4.78, 5) is 11.1. The predicted molar refractivity (Wildman–Crippen MR) is 76.8 cm³/mol. The molecule has 108 valence electrons. The Morgan fingerprint density at radius 2 is 1.37 bits per heavy atom. The first-order valence-electron chi connectivity index (χ1n) is 6.44. The number of H-pyrrole nitrogens is 1. The van der Waals surface area contributed by atoms with Crippen molar-refractivity contribution in [1.29, 1.82) is 0 Å². The minimum absolute atomic E-state index is 0.194. The molecule has 8 heteroatoms. The van der Waals surface area contributed by atoms with E-state index in [1.807, 2.05) is 0 Å². The second kappa shape index (κ2) is 9.65. The first kappa shape index (κ1) is 15.8. The van der Waals surface area contributed by atoms with Crippen LogP contribution in [0.15, 0.2) is 0 Å². The molecule has 1 aromatic rings. The van der Waals surface area contributed by atoms with Crippen LogP contribution < -0.4 is 10.6 Å². The highest BCUT2D eigenvalue weighted by Gasteiger charge is 1.99. The van der Waals surface area contributed by atoms with Crippen molar-refractivity contribution in [3.8, 4) is 0 Å². The fourth-order valence-electron chi connectivity index (χ4n) is 1.44. The number of aromatic amines is 1. The molecule has 1 heterocycles. The lowest BCUT2D eigenvalue weighted by molar-refractivity contribution is 0.286. The van der Waals surface area contributed by atoms with Gasteiger partial charge in [0.05, 0.1) is 0 Å². The monoisotopic (exact) mass is 287 g/mol. The highest BCUT2D eigenvalue weighted by molar-refractivity contribution is 7.71. The summed E-state index contributed by atoms with van der Waals surface area (Å²) < 4.78 is 0.271. The lowest BCUT2D eigenvalue weighted by Gasteiger charge is -2.08. The molecule has 5 N–H and O–H groups in total. The molecule has 0 saturated heterocycles. The standard InChI is InChI=1S/C11H21N5O2S/c17-7-3-1-5-12-9-14-10(16-11(19)15-9)13-6-2-4-8-18/h17-18H,1-8H2,(H3,12,13,14,15,16,19). The fraction of sp³-hybridized carbons (Fsp3) is 0.727. The van der Waals surface area contributed by atoms with Crippen LogP contribution in [0.1, 0.15) is 25.7 Å². The van der Waals surface area contributed by atoms with Gasteiger partial charge in [0.1, 0.15) is 0 Å². The number of unbranched alkanes of at least 4 members (excludes halogenated alkanes) is 2. The van der Waals surface area contributed by atoms with Crippen LogP contribution in [0.3, 0.4) is 0 Å². The summed E-state index contributed by atoms with van der Waals surface area (Å²) in [6.07, 6.45) is 3.23. The normalized spacial score (nSPS) is 10.4. The van der Waals surface area contributed by atoms with Gasteiger partial charge in [-0.05, 0) is 37.9 Å². The molecule has 0 atom stereocenters. The van der Waals surface area contributed by atoms with Crippen LogP contribution in [0.2, 0.25) is 0 Å². The quantitative estimate of drug-likeness (QED) is 0.321. The number of nitrogens with one attached hydrogen (secondary N) is 3. The third kappa shape index (κ3) is 7.04. The predicted octanol–water partition coefficient (Wildman–Crippen LogP) is 0.903. The summed E-state index contributed by atoms with van der Waals surface area (Å²) >= 11 is 4.99. The third-order valence-corrected chi connectivity index (χ3v) is 2.59. The fourth-order valence-corrected chi connectivity index (χ4v) is 1.62. The van der Waals surface area contributed by atoms with Gasteiger partial charge in [0.2, 0.25) is 16.7 Å². The van der Waals surface area contributed by atoms with Crippen LogP contribution in [0, 0.1) is 4.77 Å². The van der Waals surface area contributed by atoms with Gasteiger partial charge in [-0.15, -0.1) is 0 Å².